The molecule has 0 aliphatic carbocycles. The topological polar surface area (TPSA) is 29.1 Å². The molecule has 3 heteroatoms. The van der Waals surface area contributed by atoms with Crippen LogP contribution in [-0.4, -0.2) is 31.9 Å². The Balaban J connectivity index is 3.01. The molecule has 0 rings (SSSR count). The molecule has 0 aromatic carbocycles. The number of hydrogen-bond donors (Lipinski definition) is 1. The van der Waals surface area contributed by atoms with Gasteiger partial charge in [0, 0.05) is 13.5 Å². The van der Waals surface area contributed by atoms with Crippen molar-refractivity contribution in [2.75, 3.05) is 26.0 Å². The Labute approximate surface area is 57.8 Å². The lowest BCUT2D eigenvalue weighted by molar-refractivity contribution is -0.118. The third-order valence-corrected chi connectivity index (χ3v) is 2.05. The van der Waals surface area contributed by atoms with Gasteiger partial charge in [-0.05, 0) is 19.5 Å². The quantitative estimate of drug-likeness (QED) is 0.589. The average Bonchev–Trinajstić information content (AvgIpc) is 1.63. The Bertz CT molecular complexity index is 93.1. The molecule has 2 nitrogen and oxygen atoms in total. The fraction of sp³-hybridized carbons (Fsp3) is 0.833. The van der Waals surface area contributed by atoms with Gasteiger partial charge in [-0.3, -0.25) is 4.79 Å². The number of nitrogens with one attached hydrogen (secondary N) is 1. The summed E-state index contributed by atoms with van der Waals surface area (Å²) in [6.07, 6.45) is 1.13. The molecule has 0 aliphatic rings. The Kier molecular flexibility index (Phi) is 4.70. The maximum atomic E-state index is 10.3. The van der Waals surface area contributed by atoms with Crippen molar-refractivity contribution in [2.45, 2.75) is 6.92 Å². The highest BCUT2D eigenvalue weighted by atomic mass is 31.1. The minimum Gasteiger partial charge on any atom is -0.356 e. The highest BCUT2D eigenvalue weighted by molar-refractivity contribution is 7.56. The molecule has 0 saturated carbocycles. The van der Waals surface area contributed by atoms with Crippen LogP contribution in [0.25, 0.3) is 0 Å². The normalized spacial score (nSPS) is 9.78. The zero-order valence-corrected chi connectivity index (χ0v) is 7.16. The largest absolute Gasteiger partial charge is 0.356 e. The molecule has 0 bridgehead atoms. The molecular weight excluding hydrogens is 133 g/mol. The lowest BCUT2D eigenvalue weighted by Crippen LogP contribution is -2.22. The predicted octanol–water partition coefficient (Wildman–Crippen LogP) is 0.864. The van der Waals surface area contributed by atoms with Crippen molar-refractivity contribution in [2.24, 2.45) is 0 Å². The van der Waals surface area contributed by atoms with Crippen LogP contribution in [0.2, 0.25) is 0 Å². The fourth-order valence-corrected chi connectivity index (χ4v) is 1.01. The number of carbonyl (C=O) groups excluding carboxylic acids is 1. The second-order valence-corrected chi connectivity index (χ2v) is 4.89. The molecule has 54 valence electrons. The molecule has 0 saturated heterocycles. The first kappa shape index (κ1) is 8.90. The van der Waals surface area contributed by atoms with Crippen LogP contribution in [-0.2, 0) is 4.79 Å². The number of amides is 1. The van der Waals surface area contributed by atoms with Crippen molar-refractivity contribution >= 4 is 13.8 Å². The Morgan fingerprint density at radius 2 is 2.11 bits per heavy atom. The van der Waals surface area contributed by atoms with E-state index < -0.39 is 0 Å². The van der Waals surface area contributed by atoms with Gasteiger partial charge in [-0.15, -0.1) is 7.92 Å². The van der Waals surface area contributed by atoms with Crippen molar-refractivity contribution in [1.82, 2.24) is 5.32 Å². The van der Waals surface area contributed by atoms with E-state index in [1.807, 2.05) is 0 Å². The van der Waals surface area contributed by atoms with E-state index in [4.69, 9.17) is 0 Å². The summed E-state index contributed by atoms with van der Waals surface area (Å²) >= 11 is 0. The van der Waals surface area contributed by atoms with Gasteiger partial charge in [-0.25, -0.2) is 0 Å². The van der Waals surface area contributed by atoms with Crippen LogP contribution in [0.4, 0.5) is 0 Å². The van der Waals surface area contributed by atoms with Gasteiger partial charge < -0.3 is 5.32 Å². The maximum absolute atomic E-state index is 10.3. The zero-order chi connectivity index (χ0) is 7.28. The molecule has 0 radical (unpaired) electrons. The molecule has 0 unspecified atom stereocenters. The number of rotatable bonds is 3. The smallest absolute Gasteiger partial charge is 0.216 e. The fourth-order valence-electron chi connectivity index (χ4n) is 0.456. The molecule has 0 atom stereocenters. The van der Waals surface area contributed by atoms with Crippen LogP contribution in [0, 0.1) is 0 Å². The van der Waals surface area contributed by atoms with E-state index in [2.05, 4.69) is 18.6 Å². The molecule has 0 aromatic rings. The lowest BCUT2D eigenvalue weighted by Gasteiger charge is -2.04. The van der Waals surface area contributed by atoms with E-state index >= 15 is 0 Å². The summed E-state index contributed by atoms with van der Waals surface area (Å²) in [7, 11) is 0.154. The number of carbonyl (C=O) groups is 1. The Morgan fingerprint density at radius 1 is 1.56 bits per heavy atom. The van der Waals surface area contributed by atoms with Crippen LogP contribution in [0.3, 0.4) is 0 Å². The van der Waals surface area contributed by atoms with Gasteiger partial charge in [0.05, 0.1) is 0 Å². The van der Waals surface area contributed by atoms with Crippen LogP contribution in [0.15, 0.2) is 0 Å². The van der Waals surface area contributed by atoms with Crippen molar-refractivity contribution < 1.29 is 4.79 Å². The molecule has 0 heterocycles. The van der Waals surface area contributed by atoms with Crippen LogP contribution >= 0.6 is 7.92 Å². The van der Waals surface area contributed by atoms with E-state index in [1.54, 1.807) is 6.92 Å². The molecule has 0 spiro atoms. The predicted molar refractivity (Wildman–Crippen MR) is 42.3 cm³/mol. The van der Waals surface area contributed by atoms with Gasteiger partial charge in [-0.2, -0.15) is 0 Å². The number of hydrogen-bond acceptors (Lipinski definition) is 1. The highest BCUT2D eigenvalue weighted by Gasteiger charge is 1.92. The van der Waals surface area contributed by atoms with Crippen LogP contribution < -0.4 is 5.32 Å². The van der Waals surface area contributed by atoms with E-state index in [0.717, 1.165) is 12.7 Å². The first-order valence-corrected chi connectivity index (χ1v) is 5.44. The maximum Gasteiger partial charge on any atom is 0.216 e. The van der Waals surface area contributed by atoms with Gasteiger partial charge in [0.15, 0.2) is 0 Å². The second kappa shape index (κ2) is 4.75. The lowest BCUT2D eigenvalue weighted by atomic mass is 10.6. The zero-order valence-electron chi connectivity index (χ0n) is 6.27. The van der Waals surface area contributed by atoms with Crippen LogP contribution in [0.5, 0.6) is 0 Å². The summed E-state index contributed by atoms with van der Waals surface area (Å²) in [5.41, 5.74) is 0. The molecule has 0 aromatic heterocycles. The van der Waals surface area contributed by atoms with Gasteiger partial charge in [-0.1, -0.05) is 0 Å². The van der Waals surface area contributed by atoms with Crippen molar-refractivity contribution in [3.8, 4) is 0 Å². The summed E-state index contributed by atoms with van der Waals surface area (Å²) in [6.45, 7) is 6.80. The summed E-state index contributed by atoms with van der Waals surface area (Å²) in [4.78, 5) is 10.3. The van der Waals surface area contributed by atoms with Gasteiger partial charge >= 0.3 is 0 Å². The summed E-state index contributed by atoms with van der Waals surface area (Å²) in [5.74, 6) is 0.0758. The molecule has 0 aliphatic heterocycles. The molecule has 1 amide bonds. The highest BCUT2D eigenvalue weighted by Crippen LogP contribution is 2.21. The van der Waals surface area contributed by atoms with E-state index in [1.165, 1.54) is 0 Å². The Hall–Kier alpha value is -0.100. The molecule has 1 N–H and O–H groups in total. The van der Waals surface area contributed by atoms with E-state index in [-0.39, 0.29) is 13.8 Å². The average molecular weight is 147 g/mol. The van der Waals surface area contributed by atoms with Crippen molar-refractivity contribution in [3.05, 3.63) is 0 Å². The summed E-state index contributed by atoms with van der Waals surface area (Å²) in [6, 6.07) is 0. The summed E-state index contributed by atoms with van der Waals surface area (Å²) in [5, 5.41) is 2.75. The second-order valence-electron chi connectivity index (χ2n) is 2.29. The molecule has 0 fully saturated rings. The van der Waals surface area contributed by atoms with Crippen LogP contribution in [0.1, 0.15) is 6.92 Å². The van der Waals surface area contributed by atoms with Crippen molar-refractivity contribution in [3.63, 3.8) is 0 Å². The SMILES string of the molecule is CC(=O)NCCP(C)C. The first-order valence-electron chi connectivity index (χ1n) is 3.02. The van der Waals surface area contributed by atoms with Gasteiger partial charge in [0.25, 0.3) is 0 Å². The van der Waals surface area contributed by atoms with E-state index in [9.17, 15) is 4.79 Å². The van der Waals surface area contributed by atoms with E-state index in [0.29, 0.717) is 0 Å². The van der Waals surface area contributed by atoms with Crippen molar-refractivity contribution in [1.29, 1.82) is 0 Å². The monoisotopic (exact) mass is 147 g/mol. The summed E-state index contributed by atoms with van der Waals surface area (Å²) < 4.78 is 0. The van der Waals surface area contributed by atoms with Gasteiger partial charge in [0.1, 0.15) is 0 Å². The first-order chi connectivity index (χ1) is 4.13. The van der Waals surface area contributed by atoms with Gasteiger partial charge in [0.2, 0.25) is 5.91 Å². The molecular formula is C6H14NOP. The minimum atomic E-state index is 0.0758. The third-order valence-electron chi connectivity index (χ3n) is 0.933. The Morgan fingerprint density at radius 3 is 2.44 bits per heavy atom. The third kappa shape index (κ3) is 7.90. The molecule has 9 heavy (non-hydrogen) atoms. The minimum absolute atomic E-state index is 0.0758. The standard InChI is InChI=1S/C6H14NOP/c1-6(8)7-4-5-9(2)3/h4-5H2,1-3H3,(H,7,8).